The minimum absolute atomic E-state index is 0.215. The molecule has 0 aliphatic heterocycles. The number of methoxy groups -OCH3 is 1. The third-order valence-electron chi connectivity index (χ3n) is 4.02. The van der Waals surface area contributed by atoms with Gasteiger partial charge in [-0.05, 0) is 35.2 Å². The Morgan fingerprint density at radius 2 is 1.62 bits per heavy atom. The van der Waals surface area contributed by atoms with Gasteiger partial charge in [-0.3, -0.25) is 0 Å². The summed E-state index contributed by atoms with van der Waals surface area (Å²) in [6.07, 6.45) is 0.281. The highest BCUT2D eigenvalue weighted by molar-refractivity contribution is 5.78. The van der Waals surface area contributed by atoms with Crippen molar-refractivity contribution in [3.8, 4) is 11.1 Å². The van der Waals surface area contributed by atoms with Gasteiger partial charge in [-0.25, -0.2) is 0 Å². The summed E-state index contributed by atoms with van der Waals surface area (Å²) in [6, 6.07) is 17.3. The molecule has 2 aromatic carbocycles. The Morgan fingerprint density at radius 3 is 2.19 bits per heavy atom. The summed E-state index contributed by atoms with van der Waals surface area (Å²) in [7, 11) is 1.61. The SMILES string of the molecule is COC[C@H](O)CCNC1c2ccccc2-c2ccccc21. The van der Waals surface area contributed by atoms with E-state index in [1.54, 1.807) is 7.11 Å². The van der Waals surface area contributed by atoms with E-state index in [1.807, 2.05) is 0 Å². The van der Waals surface area contributed by atoms with Crippen molar-refractivity contribution in [1.29, 1.82) is 0 Å². The lowest BCUT2D eigenvalue weighted by Gasteiger charge is -2.17. The molecule has 0 bridgehead atoms. The maximum Gasteiger partial charge on any atom is 0.0785 e. The third-order valence-corrected chi connectivity index (χ3v) is 4.02. The molecule has 0 radical (unpaired) electrons. The molecule has 3 nitrogen and oxygen atoms in total. The Morgan fingerprint density at radius 1 is 1.05 bits per heavy atom. The highest BCUT2D eigenvalue weighted by Gasteiger charge is 2.27. The molecule has 0 unspecified atom stereocenters. The number of fused-ring (bicyclic) bond motifs is 3. The summed E-state index contributed by atoms with van der Waals surface area (Å²) >= 11 is 0. The van der Waals surface area contributed by atoms with Gasteiger partial charge >= 0.3 is 0 Å². The molecule has 0 amide bonds. The van der Waals surface area contributed by atoms with Gasteiger partial charge in [0, 0.05) is 7.11 Å². The highest BCUT2D eigenvalue weighted by atomic mass is 16.5. The number of benzene rings is 2. The Kier molecular flexibility index (Phi) is 4.34. The van der Waals surface area contributed by atoms with Crippen molar-refractivity contribution < 1.29 is 9.84 Å². The zero-order valence-corrected chi connectivity index (χ0v) is 12.3. The predicted molar refractivity (Wildman–Crippen MR) is 84.2 cm³/mol. The van der Waals surface area contributed by atoms with Crippen LogP contribution in [0.15, 0.2) is 48.5 Å². The van der Waals surface area contributed by atoms with Crippen LogP contribution in [-0.2, 0) is 4.74 Å². The van der Waals surface area contributed by atoms with Gasteiger partial charge in [-0.15, -0.1) is 0 Å². The Hall–Kier alpha value is -1.68. The summed E-state index contributed by atoms with van der Waals surface area (Å²) < 4.78 is 4.96. The average Bonchev–Trinajstić information content (AvgIpc) is 2.83. The Bertz CT molecular complexity index is 566. The van der Waals surface area contributed by atoms with Crippen LogP contribution in [0.1, 0.15) is 23.6 Å². The van der Waals surface area contributed by atoms with Crippen LogP contribution in [0.4, 0.5) is 0 Å². The van der Waals surface area contributed by atoms with Crippen LogP contribution in [0.25, 0.3) is 11.1 Å². The van der Waals surface area contributed by atoms with Gasteiger partial charge in [0.2, 0.25) is 0 Å². The molecule has 3 heteroatoms. The van der Waals surface area contributed by atoms with Gasteiger partial charge < -0.3 is 15.2 Å². The lowest BCUT2D eigenvalue weighted by molar-refractivity contribution is 0.0592. The van der Waals surface area contributed by atoms with Gasteiger partial charge in [0.05, 0.1) is 18.8 Å². The summed E-state index contributed by atoms with van der Waals surface area (Å²) in [5.74, 6) is 0. The fraction of sp³-hybridized carbons (Fsp3) is 0.333. The average molecular weight is 283 g/mol. The van der Waals surface area contributed by atoms with Gasteiger partial charge in [0.1, 0.15) is 0 Å². The first-order chi connectivity index (χ1) is 10.3. The molecular weight excluding hydrogens is 262 g/mol. The monoisotopic (exact) mass is 283 g/mol. The predicted octanol–water partition coefficient (Wildman–Crippen LogP) is 2.74. The lowest BCUT2D eigenvalue weighted by atomic mass is 10.1. The topological polar surface area (TPSA) is 41.5 Å². The standard InChI is InChI=1S/C18H21NO2/c1-21-12-13(20)10-11-19-18-16-8-4-2-6-14(16)15-7-3-5-9-17(15)18/h2-9,13,18-20H,10-12H2,1H3/t13-/m1/s1. The summed E-state index contributed by atoms with van der Waals surface area (Å²) in [4.78, 5) is 0. The minimum atomic E-state index is -0.408. The second-order valence-electron chi connectivity index (χ2n) is 5.46. The number of hydrogen-bond donors (Lipinski definition) is 2. The van der Waals surface area contributed by atoms with Crippen LogP contribution >= 0.6 is 0 Å². The molecule has 110 valence electrons. The van der Waals surface area contributed by atoms with E-state index >= 15 is 0 Å². The van der Waals surface area contributed by atoms with Crippen LogP contribution in [-0.4, -0.2) is 31.5 Å². The number of nitrogens with one attached hydrogen (secondary N) is 1. The fourth-order valence-corrected chi connectivity index (χ4v) is 3.05. The molecule has 0 heterocycles. The number of rotatable bonds is 6. The van der Waals surface area contributed by atoms with Gasteiger partial charge in [-0.2, -0.15) is 0 Å². The normalized spacial score (nSPS) is 14.8. The number of aliphatic hydroxyl groups is 1. The molecule has 0 saturated heterocycles. The first-order valence-electron chi connectivity index (χ1n) is 7.40. The molecule has 0 fully saturated rings. The van der Waals surface area contributed by atoms with Crippen molar-refractivity contribution >= 4 is 0 Å². The van der Waals surface area contributed by atoms with Crippen LogP contribution in [0, 0.1) is 0 Å². The second kappa shape index (κ2) is 6.39. The Balaban J connectivity index is 1.76. The lowest BCUT2D eigenvalue weighted by Crippen LogP contribution is -2.26. The van der Waals surface area contributed by atoms with E-state index in [0.717, 1.165) is 6.54 Å². The smallest absolute Gasteiger partial charge is 0.0785 e. The zero-order chi connectivity index (χ0) is 14.7. The van der Waals surface area contributed by atoms with E-state index < -0.39 is 6.10 Å². The molecule has 21 heavy (non-hydrogen) atoms. The second-order valence-corrected chi connectivity index (χ2v) is 5.46. The van der Waals surface area contributed by atoms with Crippen molar-refractivity contribution in [2.75, 3.05) is 20.3 Å². The van der Waals surface area contributed by atoms with E-state index in [4.69, 9.17) is 4.74 Å². The van der Waals surface area contributed by atoms with Crippen LogP contribution in [0.2, 0.25) is 0 Å². The van der Waals surface area contributed by atoms with Crippen molar-refractivity contribution in [3.63, 3.8) is 0 Å². The molecule has 0 aromatic heterocycles. The van der Waals surface area contributed by atoms with E-state index in [9.17, 15) is 5.11 Å². The number of aliphatic hydroxyl groups excluding tert-OH is 1. The molecule has 1 aliphatic carbocycles. The van der Waals surface area contributed by atoms with Gasteiger partial charge in [0.25, 0.3) is 0 Å². The van der Waals surface area contributed by atoms with Crippen LogP contribution in [0.5, 0.6) is 0 Å². The fourth-order valence-electron chi connectivity index (χ4n) is 3.05. The highest BCUT2D eigenvalue weighted by Crippen LogP contribution is 2.42. The quantitative estimate of drug-likeness (QED) is 0.856. The summed E-state index contributed by atoms with van der Waals surface area (Å²) in [6.45, 7) is 1.15. The molecule has 0 saturated carbocycles. The Labute approximate surface area is 125 Å². The van der Waals surface area contributed by atoms with Crippen molar-refractivity contribution in [2.24, 2.45) is 0 Å². The van der Waals surface area contributed by atoms with Crippen LogP contribution < -0.4 is 5.32 Å². The number of ether oxygens (including phenoxy) is 1. The third kappa shape index (κ3) is 2.86. The maximum absolute atomic E-state index is 9.75. The van der Waals surface area contributed by atoms with Crippen LogP contribution in [0.3, 0.4) is 0 Å². The zero-order valence-electron chi connectivity index (χ0n) is 12.3. The largest absolute Gasteiger partial charge is 0.391 e. The van der Waals surface area contributed by atoms with E-state index in [0.29, 0.717) is 13.0 Å². The maximum atomic E-state index is 9.75. The van der Waals surface area contributed by atoms with Crippen molar-refractivity contribution in [2.45, 2.75) is 18.6 Å². The first kappa shape index (κ1) is 14.3. The molecule has 3 rings (SSSR count). The number of hydrogen-bond acceptors (Lipinski definition) is 3. The molecule has 1 atom stereocenters. The van der Waals surface area contributed by atoms with Crippen molar-refractivity contribution in [1.82, 2.24) is 5.32 Å². The molecule has 0 spiro atoms. The van der Waals surface area contributed by atoms with Gasteiger partial charge in [0.15, 0.2) is 0 Å². The van der Waals surface area contributed by atoms with Gasteiger partial charge in [-0.1, -0.05) is 48.5 Å². The molecular formula is C18H21NO2. The minimum Gasteiger partial charge on any atom is -0.391 e. The summed E-state index contributed by atoms with van der Waals surface area (Å²) in [5.41, 5.74) is 5.26. The molecule has 2 N–H and O–H groups in total. The first-order valence-corrected chi connectivity index (χ1v) is 7.40. The van der Waals surface area contributed by atoms with E-state index in [1.165, 1.54) is 22.3 Å². The summed E-state index contributed by atoms with van der Waals surface area (Å²) in [5, 5.41) is 13.3. The molecule has 1 aliphatic rings. The molecule has 2 aromatic rings. The van der Waals surface area contributed by atoms with E-state index in [-0.39, 0.29) is 6.04 Å². The van der Waals surface area contributed by atoms with E-state index in [2.05, 4.69) is 53.8 Å². The van der Waals surface area contributed by atoms with Crippen molar-refractivity contribution in [3.05, 3.63) is 59.7 Å².